The third kappa shape index (κ3) is 7.85. The fraction of sp³-hybridized carbons (Fsp3) is 0.375. The minimum absolute atomic E-state index is 0.0925. The molecule has 0 fully saturated rings. The Morgan fingerprint density at radius 1 is 1.31 bits per heavy atom. The molecule has 1 amide bonds. The number of rotatable bonds is 5. The molecule has 26 heavy (non-hydrogen) atoms. The number of hydrogen-bond acceptors (Lipinski definition) is 4. The Kier molecular flexibility index (Phi) is 8.56. The first kappa shape index (κ1) is 21.9. The van der Waals surface area contributed by atoms with Gasteiger partial charge in [-0.3, -0.25) is 10.1 Å². The molecule has 6 nitrogen and oxygen atoms in total. The maximum atomic E-state index is 11.9. The van der Waals surface area contributed by atoms with Gasteiger partial charge in [0, 0.05) is 11.6 Å². The number of aliphatic carboxylic acids is 1. The fourth-order valence-corrected chi connectivity index (χ4v) is 2.13. The number of carboxylic acids is 1. The summed E-state index contributed by atoms with van der Waals surface area (Å²) in [6.07, 6.45) is -0.765. The minimum atomic E-state index is -5.08. The molecule has 144 valence electrons. The van der Waals surface area contributed by atoms with Gasteiger partial charge in [-0.15, -0.1) is 0 Å². The van der Waals surface area contributed by atoms with Crippen molar-refractivity contribution in [2.45, 2.75) is 24.7 Å². The van der Waals surface area contributed by atoms with Crippen LogP contribution in [-0.2, 0) is 16.0 Å². The number of carboxylic acid groups (broad SMARTS) is 1. The standard InChI is InChI=1S/C14H17ClN2O2.C2HF3O2/c15-11-5-3-10(4-6-11)8-12(9-18)17-14(19)13-2-1-7-16-13;3-2(4,5)1(6)7/h1-6,12-13,16,18H,7-9H2,(H,17,19);(H,6,7)/t12?,13-;/m0./s1. The van der Waals surface area contributed by atoms with Gasteiger partial charge in [-0.2, -0.15) is 13.2 Å². The lowest BCUT2D eigenvalue weighted by Gasteiger charge is -2.18. The molecule has 0 bridgehead atoms. The van der Waals surface area contributed by atoms with Crippen molar-refractivity contribution in [1.82, 2.24) is 10.6 Å². The van der Waals surface area contributed by atoms with Gasteiger partial charge in [-0.05, 0) is 24.1 Å². The van der Waals surface area contributed by atoms with Crippen molar-refractivity contribution < 1.29 is 33.0 Å². The number of amides is 1. The quantitative estimate of drug-likeness (QED) is 0.568. The first-order valence-corrected chi connectivity index (χ1v) is 7.87. The summed E-state index contributed by atoms with van der Waals surface area (Å²) in [5, 5.41) is 23.0. The van der Waals surface area contributed by atoms with Crippen molar-refractivity contribution in [3.8, 4) is 0 Å². The molecule has 10 heteroatoms. The zero-order chi connectivity index (χ0) is 19.7. The van der Waals surface area contributed by atoms with Crippen LogP contribution < -0.4 is 10.6 Å². The molecule has 1 aliphatic rings. The van der Waals surface area contributed by atoms with Gasteiger partial charge >= 0.3 is 12.1 Å². The molecule has 1 heterocycles. The largest absolute Gasteiger partial charge is 0.490 e. The number of hydrogen-bond donors (Lipinski definition) is 4. The number of carbonyl (C=O) groups excluding carboxylic acids is 1. The Labute approximate surface area is 152 Å². The predicted molar refractivity (Wildman–Crippen MR) is 88.8 cm³/mol. The van der Waals surface area contributed by atoms with E-state index in [1.165, 1.54) is 0 Å². The average molecular weight is 395 g/mol. The number of alkyl halides is 3. The van der Waals surface area contributed by atoms with Crippen molar-refractivity contribution >= 4 is 23.5 Å². The number of aliphatic hydroxyl groups is 1. The highest BCUT2D eigenvalue weighted by molar-refractivity contribution is 6.30. The van der Waals surface area contributed by atoms with E-state index in [0.717, 1.165) is 5.56 Å². The molecule has 0 saturated carbocycles. The van der Waals surface area contributed by atoms with Crippen LogP contribution in [0.4, 0.5) is 13.2 Å². The molecule has 0 radical (unpaired) electrons. The van der Waals surface area contributed by atoms with E-state index in [4.69, 9.17) is 21.5 Å². The van der Waals surface area contributed by atoms with E-state index in [9.17, 15) is 23.1 Å². The van der Waals surface area contributed by atoms with Crippen LogP contribution in [0.2, 0.25) is 5.02 Å². The topological polar surface area (TPSA) is 98.7 Å². The van der Waals surface area contributed by atoms with Crippen LogP contribution in [-0.4, -0.2) is 53.5 Å². The average Bonchev–Trinajstić information content (AvgIpc) is 3.10. The van der Waals surface area contributed by atoms with Crippen LogP contribution >= 0.6 is 11.6 Å². The van der Waals surface area contributed by atoms with E-state index in [1.54, 1.807) is 12.1 Å². The monoisotopic (exact) mass is 394 g/mol. The molecule has 1 aliphatic heterocycles. The highest BCUT2D eigenvalue weighted by Crippen LogP contribution is 2.13. The molecule has 1 unspecified atom stereocenters. The molecule has 1 aromatic carbocycles. The van der Waals surface area contributed by atoms with Gasteiger partial charge in [-0.1, -0.05) is 35.9 Å². The van der Waals surface area contributed by atoms with Crippen LogP contribution in [0.5, 0.6) is 0 Å². The van der Waals surface area contributed by atoms with E-state index in [2.05, 4.69) is 10.6 Å². The van der Waals surface area contributed by atoms with E-state index < -0.39 is 12.1 Å². The van der Waals surface area contributed by atoms with Crippen molar-refractivity contribution in [3.63, 3.8) is 0 Å². The summed E-state index contributed by atoms with van der Waals surface area (Å²) in [5.74, 6) is -2.87. The maximum absolute atomic E-state index is 11.9. The van der Waals surface area contributed by atoms with E-state index in [0.29, 0.717) is 18.0 Å². The van der Waals surface area contributed by atoms with Gasteiger partial charge in [0.25, 0.3) is 0 Å². The summed E-state index contributed by atoms with van der Waals surface area (Å²) < 4.78 is 31.7. The smallest absolute Gasteiger partial charge is 0.475 e. The highest BCUT2D eigenvalue weighted by atomic mass is 35.5. The summed E-state index contributed by atoms with van der Waals surface area (Å²) in [4.78, 5) is 20.8. The summed E-state index contributed by atoms with van der Waals surface area (Å²) in [6.45, 7) is 0.615. The molecular formula is C16H18ClF3N2O4. The lowest BCUT2D eigenvalue weighted by Crippen LogP contribution is -2.47. The Bertz CT molecular complexity index is 635. The van der Waals surface area contributed by atoms with E-state index in [-0.39, 0.29) is 24.6 Å². The zero-order valence-electron chi connectivity index (χ0n) is 13.5. The van der Waals surface area contributed by atoms with E-state index >= 15 is 0 Å². The Morgan fingerprint density at radius 3 is 2.31 bits per heavy atom. The summed E-state index contributed by atoms with van der Waals surface area (Å²) in [5.41, 5.74) is 1.03. The maximum Gasteiger partial charge on any atom is 0.490 e. The predicted octanol–water partition coefficient (Wildman–Crippen LogP) is 1.52. The lowest BCUT2D eigenvalue weighted by atomic mass is 10.1. The van der Waals surface area contributed by atoms with Crippen LogP contribution in [0.15, 0.2) is 36.4 Å². The number of aliphatic hydroxyl groups excluding tert-OH is 1. The second kappa shape index (κ2) is 10.1. The normalized spacial score (nSPS) is 17.2. The molecule has 2 atom stereocenters. The first-order valence-electron chi connectivity index (χ1n) is 7.49. The number of benzene rings is 1. The number of nitrogens with one attached hydrogen (secondary N) is 2. The van der Waals surface area contributed by atoms with Crippen LogP contribution in [0.25, 0.3) is 0 Å². The molecule has 0 spiro atoms. The second-order valence-corrected chi connectivity index (χ2v) is 5.77. The summed E-state index contributed by atoms with van der Waals surface area (Å²) in [7, 11) is 0. The molecule has 2 rings (SSSR count). The Hall–Kier alpha value is -2.10. The van der Waals surface area contributed by atoms with Crippen molar-refractivity contribution in [1.29, 1.82) is 0 Å². The van der Waals surface area contributed by atoms with E-state index in [1.807, 2.05) is 24.3 Å². The highest BCUT2D eigenvalue weighted by Gasteiger charge is 2.38. The van der Waals surface area contributed by atoms with Crippen molar-refractivity contribution in [3.05, 3.63) is 47.0 Å². The van der Waals surface area contributed by atoms with Crippen LogP contribution in [0, 0.1) is 0 Å². The van der Waals surface area contributed by atoms with Gasteiger partial charge in [0.1, 0.15) is 6.04 Å². The van der Waals surface area contributed by atoms with Crippen molar-refractivity contribution in [2.24, 2.45) is 0 Å². The molecule has 4 N–H and O–H groups in total. The van der Waals surface area contributed by atoms with Crippen LogP contribution in [0.3, 0.4) is 0 Å². The van der Waals surface area contributed by atoms with Crippen LogP contribution in [0.1, 0.15) is 5.56 Å². The van der Waals surface area contributed by atoms with Gasteiger partial charge < -0.3 is 15.5 Å². The molecule has 0 aliphatic carbocycles. The van der Waals surface area contributed by atoms with Crippen molar-refractivity contribution in [2.75, 3.05) is 13.2 Å². The molecule has 0 aromatic heterocycles. The Morgan fingerprint density at radius 2 is 1.88 bits per heavy atom. The van der Waals surface area contributed by atoms with Gasteiger partial charge in [0.2, 0.25) is 5.91 Å². The first-order chi connectivity index (χ1) is 12.1. The summed E-state index contributed by atoms with van der Waals surface area (Å²) in [6, 6.07) is 6.81. The van der Waals surface area contributed by atoms with Gasteiger partial charge in [0.15, 0.2) is 0 Å². The second-order valence-electron chi connectivity index (χ2n) is 5.34. The number of carbonyl (C=O) groups is 2. The fourth-order valence-electron chi connectivity index (χ4n) is 2.00. The van der Waals surface area contributed by atoms with Gasteiger partial charge in [-0.25, -0.2) is 4.79 Å². The number of halogens is 4. The summed E-state index contributed by atoms with van der Waals surface area (Å²) >= 11 is 5.82. The zero-order valence-corrected chi connectivity index (χ0v) is 14.2. The third-order valence-corrected chi connectivity index (χ3v) is 3.52. The SMILES string of the molecule is O=C(NC(CO)Cc1ccc(Cl)cc1)[C@@H]1C=CCN1.O=C(O)C(F)(F)F. The minimum Gasteiger partial charge on any atom is -0.475 e. The lowest BCUT2D eigenvalue weighted by molar-refractivity contribution is -0.192. The molecule has 0 saturated heterocycles. The molecular weight excluding hydrogens is 377 g/mol. The molecule has 1 aromatic rings. The van der Waals surface area contributed by atoms with Gasteiger partial charge in [0.05, 0.1) is 12.6 Å². The third-order valence-electron chi connectivity index (χ3n) is 3.27. The Balaban J connectivity index is 0.000000412.